The number of aromatic amines is 1. The Bertz CT molecular complexity index is 584. The molecule has 2 N–H and O–H groups in total. The summed E-state index contributed by atoms with van der Waals surface area (Å²) < 4.78 is 0. The Morgan fingerprint density at radius 2 is 2.18 bits per heavy atom. The van der Waals surface area contributed by atoms with Gasteiger partial charge in [0, 0.05) is 43.8 Å². The van der Waals surface area contributed by atoms with Gasteiger partial charge >= 0.3 is 0 Å². The Labute approximate surface area is 130 Å². The molecular formula is C15H23N5O2. The lowest BCUT2D eigenvalue weighted by Gasteiger charge is -2.49. The van der Waals surface area contributed by atoms with E-state index in [1.807, 2.05) is 11.8 Å². The number of likely N-dealkylation sites (N-methyl/N-ethyl adjacent to an activating group) is 1. The maximum atomic E-state index is 12.7. The molecule has 2 saturated heterocycles. The highest BCUT2D eigenvalue weighted by Crippen LogP contribution is 2.31. The first kappa shape index (κ1) is 15.0. The van der Waals surface area contributed by atoms with E-state index >= 15 is 0 Å². The molecule has 2 amide bonds. The van der Waals surface area contributed by atoms with Gasteiger partial charge in [0.05, 0.1) is 6.33 Å². The third-order valence-electron chi connectivity index (χ3n) is 5.05. The molecule has 0 saturated carbocycles. The number of imidazole rings is 1. The number of nitrogens with one attached hydrogen (secondary N) is 2. The van der Waals surface area contributed by atoms with Crippen molar-refractivity contribution in [3.63, 3.8) is 0 Å². The van der Waals surface area contributed by atoms with Crippen LogP contribution in [0.25, 0.3) is 0 Å². The van der Waals surface area contributed by atoms with Gasteiger partial charge in [-0.25, -0.2) is 4.98 Å². The molecule has 120 valence electrons. The normalized spacial score (nSPS) is 26.8. The van der Waals surface area contributed by atoms with Gasteiger partial charge in [-0.3, -0.25) is 14.5 Å². The zero-order chi connectivity index (χ0) is 15.7. The summed E-state index contributed by atoms with van der Waals surface area (Å²) in [6.07, 6.45) is 3.74. The van der Waals surface area contributed by atoms with Gasteiger partial charge in [-0.1, -0.05) is 0 Å². The molecule has 2 fully saturated rings. The lowest BCUT2D eigenvalue weighted by atomic mass is 9.86. The molecule has 1 atom stereocenters. The SMILES string of the molecule is Cc1[nH]cnc1C(=O)N1CCN(C)[C@]2(CCNC(=O)CC2)C1. The average Bonchev–Trinajstić information content (AvgIpc) is 2.84. The summed E-state index contributed by atoms with van der Waals surface area (Å²) in [6.45, 7) is 4.71. The number of H-pyrrole nitrogens is 1. The van der Waals surface area contributed by atoms with Crippen LogP contribution in [-0.4, -0.2) is 70.3 Å². The molecule has 3 rings (SSSR count). The van der Waals surface area contributed by atoms with Gasteiger partial charge in [-0.15, -0.1) is 0 Å². The van der Waals surface area contributed by atoms with E-state index in [0.29, 0.717) is 31.7 Å². The summed E-state index contributed by atoms with van der Waals surface area (Å²) in [4.78, 5) is 35.7. The Hall–Kier alpha value is -1.89. The third kappa shape index (κ3) is 2.61. The van der Waals surface area contributed by atoms with Crippen molar-refractivity contribution in [1.29, 1.82) is 0 Å². The number of amides is 2. The van der Waals surface area contributed by atoms with Crippen LogP contribution in [0.2, 0.25) is 0 Å². The van der Waals surface area contributed by atoms with Crippen molar-refractivity contribution < 1.29 is 9.59 Å². The summed E-state index contributed by atoms with van der Waals surface area (Å²) in [5.74, 6) is 0.0895. The van der Waals surface area contributed by atoms with Gasteiger partial charge in [0.1, 0.15) is 5.69 Å². The number of rotatable bonds is 1. The molecule has 7 nitrogen and oxygen atoms in total. The van der Waals surface area contributed by atoms with E-state index in [4.69, 9.17) is 0 Å². The number of hydrogen-bond donors (Lipinski definition) is 2. The first-order chi connectivity index (χ1) is 10.5. The number of carbonyl (C=O) groups excluding carboxylic acids is 2. The summed E-state index contributed by atoms with van der Waals surface area (Å²) >= 11 is 0. The molecule has 0 radical (unpaired) electrons. The minimum atomic E-state index is -0.114. The van der Waals surface area contributed by atoms with Crippen molar-refractivity contribution in [2.45, 2.75) is 31.7 Å². The van der Waals surface area contributed by atoms with Gasteiger partial charge in [0.25, 0.3) is 5.91 Å². The molecule has 1 spiro atoms. The highest BCUT2D eigenvalue weighted by molar-refractivity contribution is 5.93. The second-order valence-electron chi connectivity index (χ2n) is 6.35. The molecule has 0 aromatic carbocycles. The maximum absolute atomic E-state index is 12.7. The molecule has 2 aliphatic heterocycles. The van der Waals surface area contributed by atoms with Crippen molar-refractivity contribution in [2.75, 3.05) is 33.2 Å². The smallest absolute Gasteiger partial charge is 0.274 e. The molecule has 0 aliphatic carbocycles. The molecule has 22 heavy (non-hydrogen) atoms. The first-order valence-corrected chi connectivity index (χ1v) is 7.79. The van der Waals surface area contributed by atoms with Crippen LogP contribution in [0.3, 0.4) is 0 Å². The number of piperazine rings is 1. The third-order valence-corrected chi connectivity index (χ3v) is 5.05. The highest BCUT2D eigenvalue weighted by Gasteiger charge is 2.42. The summed E-state index contributed by atoms with van der Waals surface area (Å²) in [5, 5.41) is 2.93. The van der Waals surface area contributed by atoms with E-state index in [1.165, 1.54) is 0 Å². The molecule has 0 unspecified atom stereocenters. The van der Waals surface area contributed by atoms with Crippen LogP contribution in [0.4, 0.5) is 0 Å². The van der Waals surface area contributed by atoms with Crippen LogP contribution < -0.4 is 5.32 Å². The second-order valence-corrected chi connectivity index (χ2v) is 6.35. The fourth-order valence-electron chi connectivity index (χ4n) is 3.49. The standard InChI is InChI=1S/C15H23N5O2/c1-11-13(18-10-17-11)14(22)20-8-7-19(2)15(9-20)4-3-12(21)16-6-5-15/h10H,3-9H2,1-2H3,(H,16,21)(H,17,18)/t15-/m1/s1. The van der Waals surface area contributed by atoms with Gasteiger partial charge in [-0.2, -0.15) is 0 Å². The highest BCUT2D eigenvalue weighted by atomic mass is 16.2. The van der Waals surface area contributed by atoms with Crippen LogP contribution in [-0.2, 0) is 4.79 Å². The number of nitrogens with zero attached hydrogens (tertiary/aromatic N) is 3. The Kier molecular flexibility index (Phi) is 3.90. The quantitative estimate of drug-likeness (QED) is 0.773. The van der Waals surface area contributed by atoms with Crippen LogP contribution in [0.15, 0.2) is 6.33 Å². The summed E-state index contributed by atoms with van der Waals surface area (Å²) in [7, 11) is 2.09. The zero-order valence-corrected chi connectivity index (χ0v) is 13.2. The lowest BCUT2D eigenvalue weighted by molar-refractivity contribution is -0.121. The van der Waals surface area contributed by atoms with E-state index in [-0.39, 0.29) is 17.4 Å². The molecule has 2 aliphatic rings. The van der Waals surface area contributed by atoms with E-state index in [9.17, 15) is 9.59 Å². The predicted octanol–water partition coefficient (Wildman–Crippen LogP) is 0.145. The minimum absolute atomic E-state index is 0.0187. The topological polar surface area (TPSA) is 81.3 Å². The van der Waals surface area contributed by atoms with Crippen molar-refractivity contribution in [1.82, 2.24) is 25.1 Å². The Morgan fingerprint density at radius 3 is 2.91 bits per heavy atom. The van der Waals surface area contributed by atoms with Crippen LogP contribution in [0, 0.1) is 6.92 Å². The number of hydrogen-bond acceptors (Lipinski definition) is 4. The van der Waals surface area contributed by atoms with Crippen molar-refractivity contribution in [3.05, 3.63) is 17.7 Å². The van der Waals surface area contributed by atoms with E-state index in [2.05, 4.69) is 27.2 Å². The maximum Gasteiger partial charge on any atom is 0.274 e. The van der Waals surface area contributed by atoms with E-state index in [0.717, 1.165) is 25.1 Å². The molecule has 7 heteroatoms. The summed E-state index contributed by atoms with van der Waals surface area (Å²) in [5.41, 5.74) is 1.19. The van der Waals surface area contributed by atoms with Crippen molar-refractivity contribution in [3.8, 4) is 0 Å². The monoisotopic (exact) mass is 305 g/mol. The number of aromatic nitrogens is 2. The van der Waals surface area contributed by atoms with Crippen LogP contribution >= 0.6 is 0 Å². The fourth-order valence-corrected chi connectivity index (χ4v) is 3.49. The largest absolute Gasteiger partial charge is 0.356 e. The first-order valence-electron chi connectivity index (χ1n) is 7.79. The van der Waals surface area contributed by atoms with Crippen LogP contribution in [0.1, 0.15) is 35.4 Å². The van der Waals surface area contributed by atoms with Gasteiger partial charge in [0.2, 0.25) is 5.91 Å². The van der Waals surface area contributed by atoms with Gasteiger partial charge in [0.15, 0.2) is 0 Å². The Morgan fingerprint density at radius 1 is 1.36 bits per heavy atom. The van der Waals surface area contributed by atoms with E-state index < -0.39 is 0 Å². The zero-order valence-electron chi connectivity index (χ0n) is 13.2. The van der Waals surface area contributed by atoms with Crippen molar-refractivity contribution >= 4 is 11.8 Å². The van der Waals surface area contributed by atoms with E-state index in [1.54, 1.807) is 6.33 Å². The Balaban J connectivity index is 1.80. The molecule has 1 aromatic rings. The average molecular weight is 305 g/mol. The molecule has 0 bridgehead atoms. The number of carbonyl (C=O) groups is 2. The molecule has 3 heterocycles. The van der Waals surface area contributed by atoms with Crippen molar-refractivity contribution in [2.24, 2.45) is 0 Å². The molecular weight excluding hydrogens is 282 g/mol. The summed E-state index contributed by atoms with van der Waals surface area (Å²) in [6, 6.07) is 0. The number of aryl methyl sites for hydroxylation is 1. The van der Waals surface area contributed by atoms with Gasteiger partial charge < -0.3 is 15.2 Å². The minimum Gasteiger partial charge on any atom is -0.356 e. The molecule has 1 aromatic heterocycles. The predicted molar refractivity (Wildman–Crippen MR) is 81.4 cm³/mol. The fraction of sp³-hybridized carbons (Fsp3) is 0.667. The van der Waals surface area contributed by atoms with Crippen LogP contribution in [0.5, 0.6) is 0 Å². The lowest BCUT2D eigenvalue weighted by Crippen LogP contribution is -2.62. The second kappa shape index (κ2) is 5.72. The van der Waals surface area contributed by atoms with Gasteiger partial charge in [-0.05, 0) is 26.8 Å².